The molecule has 2 N–H and O–H groups in total. The zero-order chi connectivity index (χ0) is 6.69. The molecule has 2 nitrogen and oxygen atoms in total. The third-order valence-electron chi connectivity index (χ3n) is 1.02. The van der Waals surface area contributed by atoms with Crippen LogP contribution in [0.2, 0.25) is 0 Å². The van der Waals surface area contributed by atoms with Crippen molar-refractivity contribution in [1.29, 1.82) is 5.26 Å². The number of benzene rings is 1. The maximum atomic E-state index is 8.36. The van der Waals surface area contributed by atoms with E-state index < -0.39 is 0 Å². The first kappa shape index (κ1) is 5.64. The van der Waals surface area contributed by atoms with Gasteiger partial charge in [0, 0.05) is 7.11 Å². The summed E-state index contributed by atoms with van der Waals surface area (Å²) >= 11 is 0. The monoisotopic (exact) mass is 120 g/mol. The van der Waals surface area contributed by atoms with E-state index in [1.165, 1.54) is 0 Å². The molecular weight excluding hydrogens is 112 g/mol. The van der Waals surface area contributed by atoms with Gasteiger partial charge in [-0.25, -0.2) is 0 Å². The summed E-state index contributed by atoms with van der Waals surface area (Å²) in [5.41, 5.74) is 6.62. The zero-order valence-electron chi connectivity index (χ0n) is 4.83. The Morgan fingerprint density at radius 3 is 2.78 bits per heavy atom. The van der Waals surface area contributed by atoms with E-state index in [1.54, 1.807) is 24.3 Å². The summed E-state index contributed by atoms with van der Waals surface area (Å²) in [6.45, 7) is 0. The van der Waals surface area contributed by atoms with E-state index in [2.05, 4.69) is 0 Å². The van der Waals surface area contributed by atoms with Crippen LogP contribution in [0.15, 0.2) is 24.3 Å². The van der Waals surface area contributed by atoms with Crippen LogP contribution in [0.4, 0.5) is 5.69 Å². The zero-order valence-corrected chi connectivity index (χ0v) is 4.83. The molecule has 2 heteroatoms. The molecule has 0 bridgehead atoms. The van der Waals surface area contributed by atoms with Crippen molar-refractivity contribution in [3.63, 3.8) is 0 Å². The Bertz CT molecular complexity index is 252. The number of rotatable bonds is 0. The first-order chi connectivity index (χ1) is 4.33. The highest BCUT2D eigenvalue weighted by atomic mass is 14.5. The van der Waals surface area contributed by atoms with E-state index in [0.717, 1.165) is 0 Å². The van der Waals surface area contributed by atoms with Crippen LogP contribution >= 0.6 is 0 Å². The second kappa shape index (κ2) is 2.19. The molecule has 0 aromatic heterocycles. The Balaban J connectivity index is 0.000000810. The molecule has 0 unspecified atom stereocenters. The van der Waals surface area contributed by atoms with Gasteiger partial charge in [-0.05, 0) is 18.2 Å². The molecule has 0 fully saturated rings. The highest BCUT2D eigenvalue weighted by Crippen LogP contribution is 2.03. The fourth-order valence-corrected chi connectivity index (χ4v) is 0.608. The van der Waals surface area contributed by atoms with Crippen molar-refractivity contribution in [3.05, 3.63) is 29.8 Å². The average molecular weight is 120 g/mol. The Morgan fingerprint density at radius 2 is 2.33 bits per heavy atom. The van der Waals surface area contributed by atoms with Crippen LogP contribution in [0.5, 0.6) is 0 Å². The van der Waals surface area contributed by atoms with Crippen molar-refractivity contribution in [2.45, 2.75) is 0 Å². The van der Waals surface area contributed by atoms with Gasteiger partial charge in [0.15, 0.2) is 0 Å². The largest absolute Gasteiger partial charge is 0.399 e. The number of nitrogens with two attached hydrogens (primary N) is 1. The van der Waals surface area contributed by atoms with Crippen molar-refractivity contribution in [1.82, 2.24) is 0 Å². The maximum Gasteiger partial charge on any atom is 0.0992 e. The highest BCUT2D eigenvalue weighted by molar-refractivity contribution is 5.44. The van der Waals surface area contributed by atoms with Crippen LogP contribution in [0.1, 0.15) is 6.99 Å². The third kappa shape index (κ3) is 1.20. The molecule has 0 radical (unpaired) electrons. The molecule has 0 saturated heterocycles. The summed E-state index contributed by atoms with van der Waals surface area (Å²) < 4.78 is 0. The van der Waals surface area contributed by atoms with Gasteiger partial charge in [-0.3, -0.25) is 0 Å². The summed E-state index contributed by atoms with van der Waals surface area (Å²) in [5.74, 6) is 0. The standard InChI is InChI=1S/C7H6N2.H2/c8-5-6-2-1-3-7(9)4-6;/h1-4H,9H2;1H. The lowest BCUT2D eigenvalue weighted by atomic mass is 10.2. The Labute approximate surface area is 55.0 Å². The summed E-state index contributed by atoms with van der Waals surface area (Å²) in [7, 11) is 0. The second-order valence-electron chi connectivity index (χ2n) is 1.74. The van der Waals surface area contributed by atoms with Crippen LogP contribution in [0.3, 0.4) is 0 Å². The molecule has 0 aliphatic heterocycles. The van der Waals surface area contributed by atoms with E-state index in [1.807, 2.05) is 6.07 Å². The number of nitriles is 1. The van der Waals surface area contributed by atoms with E-state index in [-0.39, 0.29) is 1.43 Å². The molecule has 0 aliphatic carbocycles. The maximum absolute atomic E-state index is 8.36. The number of nitrogen functional groups attached to an aromatic ring is 1. The molecule has 0 atom stereocenters. The van der Waals surface area contributed by atoms with Crippen molar-refractivity contribution in [2.24, 2.45) is 0 Å². The van der Waals surface area contributed by atoms with Gasteiger partial charge in [0.2, 0.25) is 0 Å². The number of anilines is 1. The van der Waals surface area contributed by atoms with Gasteiger partial charge in [0.05, 0.1) is 11.6 Å². The predicted molar refractivity (Wildman–Crippen MR) is 37.7 cm³/mol. The van der Waals surface area contributed by atoms with Gasteiger partial charge >= 0.3 is 0 Å². The van der Waals surface area contributed by atoms with Crippen LogP contribution in [0.25, 0.3) is 0 Å². The Morgan fingerprint density at radius 1 is 1.56 bits per heavy atom. The smallest absolute Gasteiger partial charge is 0.0992 e. The van der Waals surface area contributed by atoms with Gasteiger partial charge in [-0.1, -0.05) is 6.07 Å². The number of hydrogen-bond donors (Lipinski definition) is 1. The lowest BCUT2D eigenvalue weighted by molar-refractivity contribution is 1.48. The minimum Gasteiger partial charge on any atom is -0.399 e. The molecule has 1 rings (SSSR count). The molecule has 0 amide bonds. The van der Waals surface area contributed by atoms with Crippen molar-refractivity contribution in [2.75, 3.05) is 5.73 Å². The third-order valence-corrected chi connectivity index (χ3v) is 1.02. The van der Waals surface area contributed by atoms with Crippen LogP contribution in [-0.4, -0.2) is 0 Å². The van der Waals surface area contributed by atoms with Crippen molar-refractivity contribution < 1.29 is 1.43 Å². The van der Waals surface area contributed by atoms with Gasteiger partial charge < -0.3 is 5.73 Å². The van der Waals surface area contributed by atoms with E-state index in [4.69, 9.17) is 11.0 Å². The molecule has 0 heterocycles. The SMILES string of the molecule is N#Cc1cccc(N)c1.[HH]. The summed E-state index contributed by atoms with van der Waals surface area (Å²) in [6, 6.07) is 8.85. The molecular formula is C7H8N2. The number of nitrogens with zero attached hydrogens (tertiary/aromatic N) is 1. The second-order valence-corrected chi connectivity index (χ2v) is 1.74. The average Bonchev–Trinajstić information content (AvgIpc) is 1.88. The summed E-state index contributed by atoms with van der Waals surface area (Å²) in [4.78, 5) is 0. The fourth-order valence-electron chi connectivity index (χ4n) is 0.608. The van der Waals surface area contributed by atoms with Crippen molar-refractivity contribution >= 4 is 5.69 Å². The van der Waals surface area contributed by atoms with Gasteiger partial charge in [0.25, 0.3) is 0 Å². The normalized spacial score (nSPS) is 8.33. The number of hydrogen-bond acceptors (Lipinski definition) is 2. The minimum absolute atomic E-state index is 0. The van der Waals surface area contributed by atoms with E-state index in [0.29, 0.717) is 11.3 Å². The summed E-state index contributed by atoms with van der Waals surface area (Å²) in [6.07, 6.45) is 0. The molecule has 1 aromatic rings. The molecule has 1 aromatic carbocycles. The molecule has 9 heavy (non-hydrogen) atoms. The first-order valence-corrected chi connectivity index (χ1v) is 2.58. The van der Waals surface area contributed by atoms with Crippen LogP contribution in [0, 0.1) is 11.3 Å². The predicted octanol–water partition coefficient (Wildman–Crippen LogP) is 1.39. The summed E-state index contributed by atoms with van der Waals surface area (Å²) in [5, 5.41) is 8.36. The lowest BCUT2D eigenvalue weighted by Gasteiger charge is -1.89. The molecule has 46 valence electrons. The van der Waals surface area contributed by atoms with Crippen LogP contribution in [-0.2, 0) is 0 Å². The fraction of sp³-hybridized carbons (Fsp3) is 0. The first-order valence-electron chi connectivity index (χ1n) is 2.58. The van der Waals surface area contributed by atoms with Gasteiger partial charge in [-0.15, -0.1) is 0 Å². The minimum atomic E-state index is 0. The van der Waals surface area contributed by atoms with Crippen LogP contribution < -0.4 is 5.73 Å². The molecule has 0 spiro atoms. The Kier molecular flexibility index (Phi) is 1.37. The van der Waals surface area contributed by atoms with Gasteiger partial charge in [0.1, 0.15) is 0 Å². The van der Waals surface area contributed by atoms with Gasteiger partial charge in [-0.2, -0.15) is 5.26 Å². The van der Waals surface area contributed by atoms with E-state index in [9.17, 15) is 0 Å². The molecule has 0 saturated carbocycles. The highest BCUT2D eigenvalue weighted by Gasteiger charge is 1.86. The Hall–Kier alpha value is -1.49. The molecule has 0 aliphatic rings. The topological polar surface area (TPSA) is 49.8 Å². The van der Waals surface area contributed by atoms with E-state index >= 15 is 0 Å². The van der Waals surface area contributed by atoms with Crippen molar-refractivity contribution in [3.8, 4) is 6.07 Å². The quantitative estimate of drug-likeness (QED) is 0.526. The lowest BCUT2D eigenvalue weighted by Crippen LogP contribution is -1.83.